The van der Waals surface area contributed by atoms with Gasteiger partial charge < -0.3 is 14.7 Å². The maximum Gasteiger partial charge on any atom is 0.309 e. The van der Waals surface area contributed by atoms with Crippen LogP contribution in [0.2, 0.25) is 0 Å². The van der Waals surface area contributed by atoms with Crippen molar-refractivity contribution in [3.8, 4) is 5.69 Å². The molecule has 0 radical (unpaired) electrons. The number of piperidine rings is 1. The Kier molecular flexibility index (Phi) is 5.43. The lowest BCUT2D eigenvalue weighted by atomic mass is 9.84. The van der Waals surface area contributed by atoms with Crippen LogP contribution in [-0.4, -0.2) is 57.5 Å². The summed E-state index contributed by atoms with van der Waals surface area (Å²) in [7, 11) is 0. The van der Waals surface area contributed by atoms with Gasteiger partial charge in [0.25, 0.3) is 0 Å². The molecule has 148 valence electrons. The molecule has 1 unspecified atom stereocenters. The van der Waals surface area contributed by atoms with E-state index in [1.807, 2.05) is 41.4 Å². The van der Waals surface area contributed by atoms with Crippen molar-refractivity contribution in [2.45, 2.75) is 31.8 Å². The Bertz CT molecular complexity index is 811. The van der Waals surface area contributed by atoms with E-state index in [4.69, 9.17) is 4.74 Å². The number of hydrogen-bond acceptors (Lipinski definition) is 4. The van der Waals surface area contributed by atoms with E-state index in [1.165, 1.54) is 0 Å². The van der Waals surface area contributed by atoms with Crippen molar-refractivity contribution in [3.63, 3.8) is 0 Å². The number of carboxylic acids is 1. The smallest absolute Gasteiger partial charge is 0.309 e. The molecule has 2 atom stereocenters. The third-order valence-corrected chi connectivity index (χ3v) is 5.87. The summed E-state index contributed by atoms with van der Waals surface area (Å²) >= 11 is 0. The van der Waals surface area contributed by atoms with Crippen molar-refractivity contribution in [3.05, 3.63) is 48.3 Å². The quantitative estimate of drug-likeness (QED) is 0.855. The van der Waals surface area contributed by atoms with Crippen LogP contribution < -0.4 is 0 Å². The largest absolute Gasteiger partial charge is 0.481 e. The Morgan fingerprint density at radius 3 is 2.54 bits per heavy atom. The number of nitrogens with zero attached hydrogens (tertiary/aromatic N) is 3. The molecule has 0 bridgehead atoms. The molecule has 1 aromatic heterocycles. The molecule has 2 aliphatic heterocycles. The first-order valence-corrected chi connectivity index (χ1v) is 9.83. The summed E-state index contributed by atoms with van der Waals surface area (Å²) in [5.74, 6) is -0.825. The molecule has 0 saturated carbocycles. The Labute approximate surface area is 163 Å². The normalized spacial score (nSPS) is 23.1. The Balaban J connectivity index is 1.30. The lowest BCUT2D eigenvalue weighted by Crippen LogP contribution is -2.43. The lowest BCUT2D eigenvalue weighted by Gasteiger charge is -2.35. The highest BCUT2D eigenvalue weighted by Gasteiger charge is 2.40. The number of rotatable bonds is 5. The van der Waals surface area contributed by atoms with E-state index in [2.05, 4.69) is 5.10 Å². The molecule has 2 aliphatic rings. The molecular weight excluding hydrogens is 358 g/mol. The second-order valence-corrected chi connectivity index (χ2v) is 7.58. The maximum absolute atomic E-state index is 12.7. The average Bonchev–Trinajstić information content (AvgIpc) is 3.41. The first kappa shape index (κ1) is 18.7. The number of carbonyl (C=O) groups excluding carboxylic acids is 1. The van der Waals surface area contributed by atoms with Gasteiger partial charge in [0.15, 0.2) is 0 Å². The highest BCUT2D eigenvalue weighted by molar-refractivity contribution is 5.79. The summed E-state index contributed by atoms with van der Waals surface area (Å²) in [6.45, 7) is 1.86. The number of benzene rings is 1. The predicted octanol–water partition coefficient (Wildman–Crippen LogP) is 2.14. The summed E-state index contributed by atoms with van der Waals surface area (Å²) < 4.78 is 7.49. The fourth-order valence-electron chi connectivity index (χ4n) is 4.29. The molecule has 7 nitrogen and oxygen atoms in total. The molecule has 0 aliphatic carbocycles. The average molecular weight is 383 g/mol. The van der Waals surface area contributed by atoms with Gasteiger partial charge in [-0.3, -0.25) is 9.59 Å². The van der Waals surface area contributed by atoms with Crippen LogP contribution in [0.15, 0.2) is 42.7 Å². The molecular formula is C21H25N3O4. The van der Waals surface area contributed by atoms with E-state index in [0.717, 1.165) is 24.1 Å². The van der Waals surface area contributed by atoms with Crippen LogP contribution in [-0.2, 0) is 20.7 Å². The Hall–Kier alpha value is -2.67. The van der Waals surface area contributed by atoms with E-state index in [1.54, 1.807) is 10.9 Å². The van der Waals surface area contributed by atoms with Crippen molar-refractivity contribution in [1.82, 2.24) is 14.7 Å². The summed E-state index contributed by atoms with van der Waals surface area (Å²) in [6, 6.07) is 9.73. The highest BCUT2D eigenvalue weighted by atomic mass is 16.5. The minimum absolute atomic E-state index is 0.118. The molecule has 28 heavy (non-hydrogen) atoms. The van der Waals surface area contributed by atoms with Gasteiger partial charge in [0, 0.05) is 32.1 Å². The van der Waals surface area contributed by atoms with Crippen molar-refractivity contribution in [2.24, 2.45) is 11.8 Å². The molecule has 2 aromatic rings. The van der Waals surface area contributed by atoms with Gasteiger partial charge in [-0.15, -0.1) is 0 Å². The highest BCUT2D eigenvalue weighted by Crippen LogP contribution is 2.33. The number of aromatic nitrogens is 2. The summed E-state index contributed by atoms with van der Waals surface area (Å²) in [4.78, 5) is 25.9. The van der Waals surface area contributed by atoms with Gasteiger partial charge in [-0.2, -0.15) is 5.10 Å². The van der Waals surface area contributed by atoms with Gasteiger partial charge >= 0.3 is 5.97 Å². The van der Waals surface area contributed by atoms with Gasteiger partial charge in [-0.05, 0) is 48.9 Å². The zero-order valence-corrected chi connectivity index (χ0v) is 15.7. The van der Waals surface area contributed by atoms with Gasteiger partial charge in [0.1, 0.15) is 0 Å². The fourth-order valence-corrected chi connectivity index (χ4v) is 4.29. The van der Waals surface area contributed by atoms with Gasteiger partial charge in [0.2, 0.25) is 5.91 Å². The summed E-state index contributed by atoms with van der Waals surface area (Å²) in [5, 5.41) is 13.5. The third-order valence-electron chi connectivity index (χ3n) is 5.87. The zero-order chi connectivity index (χ0) is 19.5. The van der Waals surface area contributed by atoms with Crippen LogP contribution in [0.3, 0.4) is 0 Å². The second-order valence-electron chi connectivity index (χ2n) is 7.58. The second kappa shape index (κ2) is 8.14. The molecule has 2 fully saturated rings. The molecule has 1 N–H and O–H groups in total. The maximum atomic E-state index is 12.7. The Morgan fingerprint density at radius 2 is 1.89 bits per heavy atom. The fraction of sp³-hybridized carbons (Fsp3) is 0.476. The number of aliphatic carboxylic acids is 1. The van der Waals surface area contributed by atoms with Crippen molar-refractivity contribution >= 4 is 11.9 Å². The van der Waals surface area contributed by atoms with Crippen molar-refractivity contribution in [1.29, 1.82) is 0 Å². The predicted molar refractivity (Wildman–Crippen MR) is 102 cm³/mol. The number of amides is 1. The minimum Gasteiger partial charge on any atom is -0.481 e. The molecule has 0 spiro atoms. The Morgan fingerprint density at radius 1 is 1.14 bits per heavy atom. The standard InChI is InChI=1S/C21H25N3O4/c25-19(14-15-2-4-17(5-3-15)24-10-1-9-22-24)23-11-6-16(7-12-23)20-18(21(26)27)8-13-28-20/h1-5,9-10,16,18,20H,6-8,11-14H2,(H,26,27)/t18?,20-/m0/s1. The summed E-state index contributed by atoms with van der Waals surface area (Å²) in [6.07, 6.45) is 5.99. The van der Waals surface area contributed by atoms with Crippen LogP contribution in [0.5, 0.6) is 0 Å². The zero-order valence-electron chi connectivity index (χ0n) is 15.7. The van der Waals surface area contributed by atoms with E-state index in [-0.39, 0.29) is 17.9 Å². The lowest BCUT2D eigenvalue weighted by molar-refractivity contribution is -0.145. The van der Waals surface area contributed by atoms with Crippen molar-refractivity contribution < 1.29 is 19.4 Å². The van der Waals surface area contributed by atoms with E-state index < -0.39 is 11.9 Å². The van der Waals surface area contributed by atoms with E-state index in [0.29, 0.717) is 32.5 Å². The van der Waals surface area contributed by atoms with Crippen LogP contribution >= 0.6 is 0 Å². The summed E-state index contributed by atoms with van der Waals surface area (Å²) in [5.41, 5.74) is 1.94. The first-order valence-electron chi connectivity index (χ1n) is 9.83. The van der Waals surface area contributed by atoms with Crippen LogP contribution in [0.1, 0.15) is 24.8 Å². The molecule has 1 aromatic carbocycles. The molecule has 7 heteroatoms. The van der Waals surface area contributed by atoms with E-state index >= 15 is 0 Å². The molecule has 1 amide bonds. The molecule has 3 heterocycles. The van der Waals surface area contributed by atoms with Crippen LogP contribution in [0.4, 0.5) is 0 Å². The number of ether oxygens (including phenoxy) is 1. The van der Waals surface area contributed by atoms with Crippen molar-refractivity contribution in [2.75, 3.05) is 19.7 Å². The van der Waals surface area contributed by atoms with Crippen LogP contribution in [0, 0.1) is 11.8 Å². The number of hydrogen-bond donors (Lipinski definition) is 1. The minimum atomic E-state index is -0.764. The van der Waals surface area contributed by atoms with Gasteiger partial charge in [0.05, 0.1) is 24.1 Å². The molecule has 2 saturated heterocycles. The number of carbonyl (C=O) groups is 2. The van der Waals surface area contributed by atoms with E-state index in [9.17, 15) is 14.7 Å². The first-order chi connectivity index (χ1) is 13.6. The van der Waals surface area contributed by atoms with Gasteiger partial charge in [-0.1, -0.05) is 12.1 Å². The third kappa shape index (κ3) is 3.94. The molecule has 4 rings (SSSR count). The number of carboxylic acid groups (broad SMARTS) is 1. The monoisotopic (exact) mass is 383 g/mol. The van der Waals surface area contributed by atoms with Gasteiger partial charge in [-0.25, -0.2) is 4.68 Å². The topological polar surface area (TPSA) is 84.7 Å². The number of likely N-dealkylation sites (tertiary alicyclic amines) is 1. The SMILES string of the molecule is O=C(O)C1CCO[C@H]1C1CCN(C(=O)Cc2ccc(-n3cccn3)cc2)CC1. The van der Waals surface area contributed by atoms with Crippen LogP contribution in [0.25, 0.3) is 5.69 Å².